The van der Waals surface area contributed by atoms with Crippen LogP contribution in [0.15, 0.2) is 64.4 Å². The number of halogens is 2. The zero-order chi connectivity index (χ0) is 16.9. The predicted molar refractivity (Wildman–Crippen MR) is 93.5 cm³/mol. The average molecular weight is 360 g/mol. The fourth-order valence-corrected chi connectivity index (χ4v) is 2.48. The predicted octanol–water partition coefficient (Wildman–Crippen LogP) is 4.41. The van der Waals surface area contributed by atoms with Gasteiger partial charge in [0, 0.05) is 28.5 Å². The first-order valence-electron chi connectivity index (χ1n) is 6.92. The molecule has 7 heteroatoms. The van der Waals surface area contributed by atoms with Gasteiger partial charge in [-0.15, -0.1) is 0 Å². The van der Waals surface area contributed by atoms with E-state index in [1.165, 1.54) is 18.6 Å². The number of aromatic nitrogens is 1. The second-order valence-corrected chi connectivity index (χ2v) is 5.60. The smallest absolute Gasteiger partial charge is 0.271 e. The van der Waals surface area contributed by atoms with Gasteiger partial charge in [-0.25, -0.2) is 5.43 Å². The van der Waals surface area contributed by atoms with Crippen molar-refractivity contribution < 1.29 is 9.21 Å². The number of hydrogen-bond acceptors (Lipinski definition) is 4. The van der Waals surface area contributed by atoms with E-state index in [2.05, 4.69) is 15.5 Å². The van der Waals surface area contributed by atoms with E-state index in [4.69, 9.17) is 27.6 Å². The molecule has 120 valence electrons. The SMILES string of the molecule is O=C(NN=Cc1ccc(-c2ccc(Cl)cc2Cl)o1)c1ccncc1. The molecular weight excluding hydrogens is 349 g/mol. The first-order chi connectivity index (χ1) is 11.6. The lowest BCUT2D eigenvalue weighted by Crippen LogP contribution is -2.17. The Bertz CT molecular complexity index is 892. The van der Waals surface area contributed by atoms with Gasteiger partial charge in [0.2, 0.25) is 0 Å². The lowest BCUT2D eigenvalue weighted by atomic mass is 10.2. The Morgan fingerprint density at radius 3 is 2.67 bits per heavy atom. The zero-order valence-electron chi connectivity index (χ0n) is 12.2. The summed E-state index contributed by atoms with van der Waals surface area (Å²) in [5.41, 5.74) is 3.61. The number of carbonyl (C=O) groups is 1. The van der Waals surface area contributed by atoms with Crippen LogP contribution in [0.3, 0.4) is 0 Å². The van der Waals surface area contributed by atoms with Crippen LogP contribution < -0.4 is 5.43 Å². The Hall–Kier alpha value is -2.63. The van der Waals surface area contributed by atoms with E-state index in [1.54, 1.807) is 42.5 Å². The highest BCUT2D eigenvalue weighted by Gasteiger charge is 2.08. The van der Waals surface area contributed by atoms with Gasteiger partial charge < -0.3 is 4.42 Å². The van der Waals surface area contributed by atoms with Crippen molar-refractivity contribution in [2.45, 2.75) is 0 Å². The van der Waals surface area contributed by atoms with Crippen molar-refractivity contribution in [3.8, 4) is 11.3 Å². The van der Waals surface area contributed by atoms with Crippen LogP contribution in [-0.2, 0) is 0 Å². The summed E-state index contributed by atoms with van der Waals surface area (Å²) in [7, 11) is 0. The number of amides is 1. The van der Waals surface area contributed by atoms with E-state index >= 15 is 0 Å². The molecule has 0 saturated carbocycles. The molecule has 1 aromatic carbocycles. The number of benzene rings is 1. The highest BCUT2D eigenvalue weighted by atomic mass is 35.5. The fraction of sp³-hybridized carbons (Fsp3) is 0. The largest absolute Gasteiger partial charge is 0.455 e. The van der Waals surface area contributed by atoms with E-state index in [9.17, 15) is 4.79 Å². The molecule has 2 aromatic heterocycles. The zero-order valence-corrected chi connectivity index (χ0v) is 13.8. The number of nitrogens with one attached hydrogen (secondary N) is 1. The van der Waals surface area contributed by atoms with Gasteiger partial charge in [-0.2, -0.15) is 5.10 Å². The third-order valence-electron chi connectivity index (χ3n) is 3.12. The molecule has 3 rings (SSSR count). The monoisotopic (exact) mass is 359 g/mol. The van der Waals surface area contributed by atoms with Crippen molar-refractivity contribution in [2.75, 3.05) is 0 Å². The van der Waals surface area contributed by atoms with Gasteiger partial charge in [0.15, 0.2) is 0 Å². The number of hydrogen-bond donors (Lipinski definition) is 1. The molecule has 2 heterocycles. The third-order valence-corrected chi connectivity index (χ3v) is 3.67. The number of rotatable bonds is 4. The maximum atomic E-state index is 11.8. The topological polar surface area (TPSA) is 67.5 Å². The minimum absolute atomic E-state index is 0.332. The maximum absolute atomic E-state index is 11.8. The summed E-state index contributed by atoms with van der Waals surface area (Å²) >= 11 is 12.0. The van der Waals surface area contributed by atoms with Gasteiger partial charge in [-0.1, -0.05) is 23.2 Å². The van der Waals surface area contributed by atoms with E-state index in [-0.39, 0.29) is 5.91 Å². The van der Waals surface area contributed by atoms with Gasteiger partial charge in [0.1, 0.15) is 11.5 Å². The molecule has 0 atom stereocenters. The Balaban J connectivity index is 1.69. The third kappa shape index (κ3) is 3.82. The van der Waals surface area contributed by atoms with Crippen molar-refractivity contribution in [2.24, 2.45) is 5.10 Å². The van der Waals surface area contributed by atoms with Crippen LogP contribution in [0.4, 0.5) is 0 Å². The average Bonchev–Trinajstić information content (AvgIpc) is 3.04. The highest BCUT2D eigenvalue weighted by molar-refractivity contribution is 6.36. The molecule has 0 spiro atoms. The minimum Gasteiger partial charge on any atom is -0.455 e. The fourth-order valence-electron chi connectivity index (χ4n) is 1.98. The van der Waals surface area contributed by atoms with Crippen LogP contribution in [0.5, 0.6) is 0 Å². The molecule has 0 radical (unpaired) electrons. The number of pyridine rings is 1. The van der Waals surface area contributed by atoms with E-state index < -0.39 is 0 Å². The summed E-state index contributed by atoms with van der Waals surface area (Å²) in [5, 5.41) is 4.91. The second kappa shape index (κ2) is 7.29. The van der Waals surface area contributed by atoms with Crippen molar-refractivity contribution in [3.63, 3.8) is 0 Å². The Morgan fingerprint density at radius 1 is 1.12 bits per heavy atom. The van der Waals surface area contributed by atoms with E-state index in [1.807, 2.05) is 0 Å². The number of carbonyl (C=O) groups excluding carboxylic acids is 1. The molecule has 0 aliphatic heterocycles. The number of hydrazone groups is 1. The van der Waals surface area contributed by atoms with Gasteiger partial charge in [0.05, 0.1) is 11.2 Å². The van der Waals surface area contributed by atoms with Crippen molar-refractivity contribution >= 4 is 35.3 Å². The molecule has 1 N–H and O–H groups in total. The van der Waals surface area contributed by atoms with Crippen molar-refractivity contribution in [3.05, 3.63) is 76.2 Å². The molecule has 0 fully saturated rings. The molecule has 0 bridgehead atoms. The quantitative estimate of drug-likeness (QED) is 0.554. The van der Waals surface area contributed by atoms with Gasteiger partial charge >= 0.3 is 0 Å². The van der Waals surface area contributed by atoms with Crippen molar-refractivity contribution in [1.29, 1.82) is 0 Å². The summed E-state index contributed by atoms with van der Waals surface area (Å²) < 4.78 is 5.64. The van der Waals surface area contributed by atoms with Gasteiger partial charge in [0.25, 0.3) is 5.91 Å². The van der Waals surface area contributed by atoms with Gasteiger partial charge in [-0.3, -0.25) is 9.78 Å². The number of furan rings is 1. The maximum Gasteiger partial charge on any atom is 0.271 e. The van der Waals surface area contributed by atoms with E-state index in [0.717, 1.165) is 5.56 Å². The molecule has 3 aromatic rings. The normalized spacial score (nSPS) is 10.9. The summed E-state index contributed by atoms with van der Waals surface area (Å²) in [5.74, 6) is 0.728. The molecule has 0 saturated heterocycles. The molecule has 0 aliphatic carbocycles. The summed E-state index contributed by atoms with van der Waals surface area (Å²) in [6.45, 7) is 0. The summed E-state index contributed by atoms with van der Waals surface area (Å²) in [4.78, 5) is 15.7. The molecule has 0 aliphatic rings. The van der Waals surface area contributed by atoms with Gasteiger partial charge in [-0.05, 0) is 42.5 Å². The van der Waals surface area contributed by atoms with Crippen LogP contribution in [0.1, 0.15) is 16.1 Å². The summed E-state index contributed by atoms with van der Waals surface area (Å²) in [6, 6.07) is 11.8. The number of nitrogens with zero attached hydrogens (tertiary/aromatic N) is 2. The van der Waals surface area contributed by atoms with Crippen LogP contribution in [0.2, 0.25) is 10.0 Å². The molecule has 5 nitrogen and oxygen atoms in total. The van der Waals surface area contributed by atoms with E-state index in [0.29, 0.717) is 27.1 Å². The van der Waals surface area contributed by atoms with Crippen LogP contribution in [0.25, 0.3) is 11.3 Å². The highest BCUT2D eigenvalue weighted by Crippen LogP contribution is 2.31. The van der Waals surface area contributed by atoms with Crippen LogP contribution in [0, 0.1) is 0 Å². The summed E-state index contributed by atoms with van der Waals surface area (Å²) in [6.07, 6.45) is 4.48. The first-order valence-corrected chi connectivity index (χ1v) is 7.68. The Morgan fingerprint density at radius 2 is 1.92 bits per heavy atom. The Labute approximate surface area is 147 Å². The van der Waals surface area contributed by atoms with Crippen LogP contribution in [-0.4, -0.2) is 17.1 Å². The molecular formula is C17H11Cl2N3O2. The Kier molecular flexibility index (Phi) is 4.93. The molecule has 24 heavy (non-hydrogen) atoms. The molecule has 0 unspecified atom stereocenters. The van der Waals surface area contributed by atoms with Crippen molar-refractivity contribution in [1.82, 2.24) is 10.4 Å². The minimum atomic E-state index is -0.332. The van der Waals surface area contributed by atoms with Crippen LogP contribution >= 0.6 is 23.2 Å². The second-order valence-electron chi connectivity index (χ2n) is 4.76. The lowest BCUT2D eigenvalue weighted by molar-refractivity contribution is 0.0955. The lowest BCUT2D eigenvalue weighted by Gasteiger charge is -2.00. The molecule has 1 amide bonds. The first kappa shape index (κ1) is 16.2. The standard InChI is InChI=1S/C17H11Cl2N3O2/c18-12-1-3-14(15(19)9-12)16-4-2-13(24-16)10-21-22-17(23)11-5-7-20-8-6-11/h1-10H,(H,22,23).